The largest absolute Gasteiger partial charge is 0.450 e. The van der Waals surface area contributed by atoms with Gasteiger partial charge in [0, 0.05) is 6.07 Å². The molecule has 1 aliphatic heterocycles. The van der Waals surface area contributed by atoms with Gasteiger partial charge >= 0.3 is 11.9 Å². The zero-order chi connectivity index (χ0) is 23.0. The Morgan fingerprint density at radius 1 is 0.906 bits per heavy atom. The standard InChI is InChI=1S/C22H13F3N2O5/c23-22(24,25)14-6-9-19(18(10-14)27(30)31)32-15-7-8-16-17(11-15)21(29)26(20(16)28)12-13-4-2-1-3-5-13/h1-11H,12H2. The molecular weight excluding hydrogens is 429 g/mol. The number of nitro benzene ring substituents is 1. The van der Waals surface area contributed by atoms with E-state index in [0.29, 0.717) is 12.1 Å². The minimum Gasteiger partial charge on any atom is -0.450 e. The third-order valence-corrected chi connectivity index (χ3v) is 4.84. The highest BCUT2D eigenvalue weighted by molar-refractivity contribution is 6.21. The highest BCUT2D eigenvalue weighted by Gasteiger charge is 2.36. The molecular formula is C22H13F3N2O5. The van der Waals surface area contributed by atoms with E-state index < -0.39 is 39.9 Å². The van der Waals surface area contributed by atoms with Crippen LogP contribution >= 0.6 is 0 Å². The van der Waals surface area contributed by atoms with Crippen molar-refractivity contribution in [1.82, 2.24) is 4.90 Å². The first-order valence-electron chi connectivity index (χ1n) is 9.23. The van der Waals surface area contributed by atoms with Crippen molar-refractivity contribution in [2.45, 2.75) is 12.7 Å². The monoisotopic (exact) mass is 442 g/mol. The molecule has 0 aliphatic carbocycles. The Labute approximate surface area is 178 Å². The van der Waals surface area contributed by atoms with E-state index in [1.165, 1.54) is 18.2 Å². The van der Waals surface area contributed by atoms with Crippen molar-refractivity contribution >= 4 is 17.5 Å². The first kappa shape index (κ1) is 21.0. The van der Waals surface area contributed by atoms with Gasteiger partial charge in [-0.25, -0.2) is 0 Å². The van der Waals surface area contributed by atoms with Gasteiger partial charge in [-0.15, -0.1) is 0 Å². The zero-order valence-electron chi connectivity index (χ0n) is 16.1. The summed E-state index contributed by atoms with van der Waals surface area (Å²) in [5.41, 5.74) is -1.15. The molecule has 162 valence electrons. The third kappa shape index (κ3) is 3.89. The summed E-state index contributed by atoms with van der Waals surface area (Å²) in [6, 6.07) is 14.6. The van der Waals surface area contributed by atoms with Crippen molar-refractivity contribution in [2.75, 3.05) is 0 Å². The highest BCUT2D eigenvalue weighted by atomic mass is 19.4. The van der Waals surface area contributed by atoms with E-state index in [-0.39, 0.29) is 23.4 Å². The number of halogens is 3. The molecule has 0 saturated heterocycles. The number of hydrogen-bond acceptors (Lipinski definition) is 5. The smallest absolute Gasteiger partial charge is 0.416 e. The Kier molecular flexibility index (Phi) is 5.13. The van der Waals surface area contributed by atoms with E-state index in [9.17, 15) is 32.9 Å². The first-order valence-corrected chi connectivity index (χ1v) is 9.23. The van der Waals surface area contributed by atoms with E-state index >= 15 is 0 Å². The SMILES string of the molecule is O=C1c2ccc(Oc3ccc(C(F)(F)F)cc3[N+](=O)[O-])cc2C(=O)N1Cc1ccccc1. The van der Waals surface area contributed by atoms with Gasteiger partial charge in [0.15, 0.2) is 0 Å². The first-order chi connectivity index (χ1) is 15.1. The Hall–Kier alpha value is -4.21. The van der Waals surface area contributed by atoms with Gasteiger partial charge in [0.1, 0.15) is 5.75 Å². The molecule has 0 fully saturated rings. The van der Waals surface area contributed by atoms with Gasteiger partial charge in [0.05, 0.1) is 28.2 Å². The van der Waals surface area contributed by atoms with Gasteiger partial charge < -0.3 is 4.74 Å². The molecule has 0 unspecified atom stereocenters. The fraction of sp³-hybridized carbons (Fsp3) is 0.0909. The molecule has 1 heterocycles. The minimum absolute atomic E-state index is 0.0330. The van der Waals surface area contributed by atoms with Crippen LogP contribution in [0.25, 0.3) is 0 Å². The van der Waals surface area contributed by atoms with E-state index in [1.807, 2.05) is 0 Å². The van der Waals surface area contributed by atoms with Crippen molar-refractivity contribution in [3.63, 3.8) is 0 Å². The Morgan fingerprint density at radius 3 is 2.25 bits per heavy atom. The number of carbonyl (C=O) groups excluding carboxylic acids is 2. The number of carbonyl (C=O) groups is 2. The van der Waals surface area contributed by atoms with Gasteiger partial charge in [0.2, 0.25) is 5.75 Å². The second kappa shape index (κ2) is 7.80. The molecule has 0 aromatic heterocycles. The molecule has 0 spiro atoms. The summed E-state index contributed by atoms with van der Waals surface area (Å²) in [5.74, 6) is -1.53. The van der Waals surface area contributed by atoms with Crippen molar-refractivity contribution < 1.29 is 32.4 Å². The maximum atomic E-state index is 12.9. The van der Waals surface area contributed by atoms with Crippen molar-refractivity contribution in [3.8, 4) is 11.5 Å². The van der Waals surface area contributed by atoms with Gasteiger partial charge in [-0.1, -0.05) is 30.3 Å². The van der Waals surface area contributed by atoms with E-state index in [4.69, 9.17) is 4.74 Å². The summed E-state index contributed by atoms with van der Waals surface area (Å²) in [7, 11) is 0. The molecule has 10 heteroatoms. The molecule has 7 nitrogen and oxygen atoms in total. The quantitative estimate of drug-likeness (QED) is 0.308. The Bertz CT molecular complexity index is 1240. The van der Waals surface area contributed by atoms with Gasteiger partial charge in [-0.05, 0) is 35.9 Å². The van der Waals surface area contributed by atoms with Crippen LogP contribution in [0.15, 0.2) is 66.7 Å². The second-order valence-electron chi connectivity index (χ2n) is 6.93. The van der Waals surface area contributed by atoms with Crippen LogP contribution in [0.3, 0.4) is 0 Å². The fourth-order valence-electron chi connectivity index (χ4n) is 3.29. The average Bonchev–Trinajstić information content (AvgIpc) is 2.98. The van der Waals surface area contributed by atoms with E-state index in [1.54, 1.807) is 30.3 Å². The number of hydrogen-bond donors (Lipinski definition) is 0. The minimum atomic E-state index is -4.76. The van der Waals surface area contributed by atoms with Crippen molar-refractivity contribution in [2.24, 2.45) is 0 Å². The third-order valence-electron chi connectivity index (χ3n) is 4.84. The summed E-state index contributed by atoms with van der Waals surface area (Å²) in [6.45, 7) is 0.0632. The topological polar surface area (TPSA) is 89.7 Å². The molecule has 2 amide bonds. The molecule has 0 radical (unpaired) electrons. The van der Waals surface area contributed by atoms with Gasteiger partial charge in [-0.2, -0.15) is 13.2 Å². The van der Waals surface area contributed by atoms with Crippen LogP contribution < -0.4 is 4.74 Å². The van der Waals surface area contributed by atoms with Crippen LogP contribution in [0.1, 0.15) is 31.8 Å². The zero-order valence-corrected chi connectivity index (χ0v) is 16.1. The lowest BCUT2D eigenvalue weighted by Crippen LogP contribution is -2.29. The summed E-state index contributed by atoms with van der Waals surface area (Å²) < 4.78 is 44.0. The predicted molar refractivity (Wildman–Crippen MR) is 105 cm³/mol. The van der Waals surface area contributed by atoms with Crippen molar-refractivity contribution in [1.29, 1.82) is 0 Å². The van der Waals surface area contributed by atoms with Gasteiger partial charge in [-0.3, -0.25) is 24.6 Å². The molecule has 1 aliphatic rings. The lowest BCUT2D eigenvalue weighted by Gasteiger charge is -2.13. The number of nitrogens with zero attached hydrogens (tertiary/aromatic N) is 2. The number of benzene rings is 3. The number of rotatable bonds is 5. The lowest BCUT2D eigenvalue weighted by molar-refractivity contribution is -0.385. The van der Waals surface area contributed by atoms with Crippen LogP contribution in [0.5, 0.6) is 11.5 Å². The molecule has 0 bridgehead atoms. The highest BCUT2D eigenvalue weighted by Crippen LogP contribution is 2.38. The number of amides is 2. The summed E-state index contributed by atoms with van der Waals surface area (Å²) >= 11 is 0. The van der Waals surface area contributed by atoms with Crippen LogP contribution in [-0.4, -0.2) is 21.6 Å². The fourth-order valence-corrected chi connectivity index (χ4v) is 3.29. The second-order valence-corrected chi connectivity index (χ2v) is 6.93. The molecule has 32 heavy (non-hydrogen) atoms. The normalized spacial score (nSPS) is 13.3. The summed E-state index contributed by atoms with van der Waals surface area (Å²) in [4.78, 5) is 36.7. The molecule has 0 atom stereocenters. The molecule has 0 saturated carbocycles. The Balaban J connectivity index is 1.62. The number of ether oxygens (including phenoxy) is 1. The van der Waals surface area contributed by atoms with Crippen LogP contribution in [0.2, 0.25) is 0 Å². The molecule has 4 rings (SSSR count). The van der Waals surface area contributed by atoms with E-state index in [2.05, 4.69) is 0 Å². The lowest BCUT2D eigenvalue weighted by atomic mass is 10.1. The van der Waals surface area contributed by atoms with Crippen molar-refractivity contribution in [3.05, 3.63) is 99.1 Å². The van der Waals surface area contributed by atoms with Crippen LogP contribution in [0, 0.1) is 10.1 Å². The average molecular weight is 442 g/mol. The maximum Gasteiger partial charge on any atom is 0.416 e. The number of imide groups is 1. The molecule has 0 N–H and O–H groups in total. The van der Waals surface area contributed by atoms with Crippen LogP contribution in [0.4, 0.5) is 18.9 Å². The number of alkyl halides is 3. The molecule has 3 aromatic rings. The van der Waals surface area contributed by atoms with E-state index in [0.717, 1.165) is 16.5 Å². The Morgan fingerprint density at radius 2 is 1.59 bits per heavy atom. The van der Waals surface area contributed by atoms with Gasteiger partial charge in [0.25, 0.3) is 11.8 Å². The predicted octanol–water partition coefficient (Wildman–Crippen LogP) is 5.20. The molecule has 3 aromatic carbocycles. The summed E-state index contributed by atoms with van der Waals surface area (Å²) in [5, 5.41) is 11.2. The number of fused-ring (bicyclic) bond motifs is 1. The summed E-state index contributed by atoms with van der Waals surface area (Å²) in [6.07, 6.45) is -4.76. The van der Waals surface area contributed by atoms with Crippen LogP contribution in [-0.2, 0) is 12.7 Å². The number of nitro groups is 1. The maximum absolute atomic E-state index is 12.9.